The summed E-state index contributed by atoms with van der Waals surface area (Å²) in [6.07, 6.45) is 0. The van der Waals surface area contributed by atoms with Crippen LogP contribution in [0.4, 0.5) is 5.69 Å². The normalized spacial score (nSPS) is 22.9. The lowest BCUT2D eigenvalue weighted by Crippen LogP contribution is -2.49. The van der Waals surface area contributed by atoms with Crippen LogP contribution >= 0.6 is 0 Å². The number of nitrogens with one attached hydrogen (secondary N) is 1. The van der Waals surface area contributed by atoms with E-state index in [4.69, 9.17) is 0 Å². The van der Waals surface area contributed by atoms with Crippen LogP contribution in [0.15, 0.2) is 24.3 Å². The average Bonchev–Trinajstić information content (AvgIpc) is 2.48. The molecule has 3 heteroatoms. The Morgan fingerprint density at radius 1 is 1.42 bits per heavy atom. The van der Waals surface area contributed by atoms with E-state index in [1.165, 1.54) is 0 Å². The minimum absolute atomic E-state index is 0.0557. The molecule has 0 radical (unpaired) electrons. The summed E-state index contributed by atoms with van der Waals surface area (Å²) in [6, 6.07) is 7.98. The van der Waals surface area contributed by atoms with Crippen LogP contribution in [-0.2, 0) is 0 Å². The van der Waals surface area contributed by atoms with Crippen molar-refractivity contribution in [2.75, 3.05) is 24.5 Å². The van der Waals surface area contributed by atoms with E-state index in [0.717, 1.165) is 30.9 Å². The first-order valence-electron chi connectivity index (χ1n) is 6.99. The summed E-state index contributed by atoms with van der Waals surface area (Å²) in [5.41, 5.74) is 1.99. The topological polar surface area (TPSA) is 32.3 Å². The Kier molecular flexibility index (Phi) is 3.95. The van der Waals surface area contributed by atoms with Gasteiger partial charge in [-0.3, -0.25) is 4.79 Å². The number of benzene rings is 1. The van der Waals surface area contributed by atoms with Gasteiger partial charge >= 0.3 is 0 Å². The molecule has 1 unspecified atom stereocenters. The third-order valence-corrected chi connectivity index (χ3v) is 3.84. The zero-order chi connectivity index (χ0) is 14.0. The van der Waals surface area contributed by atoms with Crippen LogP contribution in [-0.4, -0.2) is 31.0 Å². The number of Topliss-reactive ketones (excluding diaryl/α,β-unsaturated/α-hetero) is 1. The Hall–Kier alpha value is -1.35. The fourth-order valence-corrected chi connectivity index (χ4v) is 2.69. The highest BCUT2D eigenvalue weighted by atomic mass is 16.1. The van der Waals surface area contributed by atoms with E-state index in [2.05, 4.69) is 37.1 Å². The monoisotopic (exact) mass is 260 g/mol. The van der Waals surface area contributed by atoms with E-state index in [9.17, 15) is 4.79 Å². The fourth-order valence-electron chi connectivity index (χ4n) is 2.69. The Bertz CT molecular complexity index is 468. The molecule has 1 atom stereocenters. The van der Waals surface area contributed by atoms with Gasteiger partial charge in [0.15, 0.2) is 5.78 Å². The third kappa shape index (κ3) is 3.16. The third-order valence-electron chi connectivity index (χ3n) is 3.84. The van der Waals surface area contributed by atoms with Crippen molar-refractivity contribution in [3.8, 4) is 0 Å². The van der Waals surface area contributed by atoms with Gasteiger partial charge in [-0.2, -0.15) is 0 Å². The van der Waals surface area contributed by atoms with Crippen LogP contribution in [0.25, 0.3) is 0 Å². The molecule has 1 saturated heterocycles. The molecule has 2 rings (SSSR count). The molecule has 1 fully saturated rings. The maximum atomic E-state index is 11.5. The maximum absolute atomic E-state index is 11.5. The first kappa shape index (κ1) is 14.1. The number of rotatable bonds is 2. The minimum atomic E-state index is 0.0557. The van der Waals surface area contributed by atoms with Gasteiger partial charge in [-0.25, -0.2) is 0 Å². The average molecular weight is 260 g/mol. The van der Waals surface area contributed by atoms with Crippen molar-refractivity contribution >= 4 is 11.5 Å². The van der Waals surface area contributed by atoms with Crippen molar-refractivity contribution < 1.29 is 4.79 Å². The number of carbonyl (C=O) groups excluding carboxylic acids is 1. The minimum Gasteiger partial charge on any atom is -0.365 e. The van der Waals surface area contributed by atoms with Gasteiger partial charge in [0, 0.05) is 29.9 Å². The lowest BCUT2D eigenvalue weighted by Gasteiger charge is -2.39. The van der Waals surface area contributed by atoms with Gasteiger partial charge in [0.25, 0.3) is 0 Å². The summed E-state index contributed by atoms with van der Waals surface area (Å²) in [5, 5.41) is 3.52. The molecule has 1 aliphatic heterocycles. The largest absolute Gasteiger partial charge is 0.365 e. The second-order valence-corrected chi connectivity index (χ2v) is 6.27. The van der Waals surface area contributed by atoms with Gasteiger partial charge in [0.2, 0.25) is 0 Å². The molecule has 0 amide bonds. The molecule has 0 aromatic heterocycles. The van der Waals surface area contributed by atoms with Crippen LogP contribution in [0.1, 0.15) is 38.1 Å². The highest BCUT2D eigenvalue weighted by Gasteiger charge is 2.30. The van der Waals surface area contributed by atoms with Crippen LogP contribution in [0.5, 0.6) is 0 Å². The summed E-state index contributed by atoms with van der Waals surface area (Å²) in [4.78, 5) is 14.0. The molecule has 1 N–H and O–H groups in total. The zero-order valence-electron chi connectivity index (χ0n) is 12.4. The van der Waals surface area contributed by atoms with E-state index < -0.39 is 0 Å². The van der Waals surface area contributed by atoms with Gasteiger partial charge in [-0.1, -0.05) is 19.1 Å². The van der Waals surface area contributed by atoms with Gasteiger partial charge < -0.3 is 10.2 Å². The molecule has 0 saturated carbocycles. The van der Waals surface area contributed by atoms with Crippen molar-refractivity contribution in [2.24, 2.45) is 5.92 Å². The predicted molar refractivity (Wildman–Crippen MR) is 79.9 cm³/mol. The Morgan fingerprint density at radius 3 is 2.84 bits per heavy atom. The Morgan fingerprint density at radius 2 is 2.16 bits per heavy atom. The van der Waals surface area contributed by atoms with Gasteiger partial charge in [0.05, 0.1) is 0 Å². The molecular formula is C16H24N2O. The zero-order valence-corrected chi connectivity index (χ0v) is 12.4. The first-order chi connectivity index (χ1) is 8.90. The molecule has 0 bridgehead atoms. The molecular weight excluding hydrogens is 236 g/mol. The van der Waals surface area contributed by atoms with Crippen LogP contribution in [0.3, 0.4) is 0 Å². The summed E-state index contributed by atoms with van der Waals surface area (Å²) in [6.45, 7) is 11.4. The van der Waals surface area contributed by atoms with Gasteiger partial charge in [-0.15, -0.1) is 0 Å². The second kappa shape index (κ2) is 5.33. The van der Waals surface area contributed by atoms with Crippen LogP contribution < -0.4 is 10.2 Å². The van der Waals surface area contributed by atoms with Gasteiger partial charge in [-0.05, 0) is 45.4 Å². The Labute approximate surface area is 116 Å². The summed E-state index contributed by atoms with van der Waals surface area (Å²) in [7, 11) is 0. The standard InChI is InChI=1S/C16H24N2O/c1-12-9-17-11-16(3,4)18(10-12)15-7-5-6-14(8-15)13(2)19/h5-8,12,17H,9-11H2,1-4H3. The SMILES string of the molecule is CC(=O)c1cccc(N2CC(C)CNCC2(C)C)c1. The maximum Gasteiger partial charge on any atom is 0.159 e. The summed E-state index contributed by atoms with van der Waals surface area (Å²) < 4.78 is 0. The van der Waals surface area contributed by atoms with Crippen molar-refractivity contribution in [1.29, 1.82) is 0 Å². The van der Waals surface area contributed by atoms with E-state index >= 15 is 0 Å². The molecule has 3 nitrogen and oxygen atoms in total. The van der Waals surface area contributed by atoms with Gasteiger partial charge in [0.1, 0.15) is 0 Å². The van der Waals surface area contributed by atoms with Crippen molar-refractivity contribution in [3.63, 3.8) is 0 Å². The molecule has 1 aromatic carbocycles. The van der Waals surface area contributed by atoms with Crippen LogP contribution in [0.2, 0.25) is 0 Å². The highest BCUT2D eigenvalue weighted by molar-refractivity contribution is 5.95. The molecule has 19 heavy (non-hydrogen) atoms. The smallest absolute Gasteiger partial charge is 0.159 e. The summed E-state index contributed by atoms with van der Waals surface area (Å²) in [5.74, 6) is 0.725. The van der Waals surface area contributed by atoms with E-state index in [-0.39, 0.29) is 11.3 Å². The fraction of sp³-hybridized carbons (Fsp3) is 0.562. The van der Waals surface area contributed by atoms with Crippen LogP contribution in [0, 0.1) is 5.92 Å². The molecule has 104 valence electrons. The molecule has 1 heterocycles. The summed E-state index contributed by atoms with van der Waals surface area (Å²) >= 11 is 0. The lowest BCUT2D eigenvalue weighted by molar-refractivity contribution is 0.101. The number of nitrogens with zero attached hydrogens (tertiary/aromatic N) is 1. The predicted octanol–water partition coefficient (Wildman–Crippen LogP) is 2.71. The first-order valence-corrected chi connectivity index (χ1v) is 6.99. The van der Waals surface area contributed by atoms with Crippen molar-refractivity contribution in [3.05, 3.63) is 29.8 Å². The molecule has 0 aliphatic carbocycles. The second-order valence-electron chi connectivity index (χ2n) is 6.27. The number of ketones is 1. The van der Waals surface area contributed by atoms with Crippen molar-refractivity contribution in [1.82, 2.24) is 5.32 Å². The quantitative estimate of drug-likeness (QED) is 0.830. The number of anilines is 1. The van der Waals surface area contributed by atoms with E-state index in [0.29, 0.717) is 5.92 Å². The molecule has 1 aliphatic rings. The molecule has 1 aromatic rings. The number of hydrogen-bond acceptors (Lipinski definition) is 3. The lowest BCUT2D eigenvalue weighted by atomic mass is 10.00. The van der Waals surface area contributed by atoms with Crippen molar-refractivity contribution in [2.45, 2.75) is 33.2 Å². The van der Waals surface area contributed by atoms with E-state index in [1.54, 1.807) is 6.92 Å². The Balaban J connectivity index is 2.36. The highest BCUT2D eigenvalue weighted by Crippen LogP contribution is 2.27. The van der Waals surface area contributed by atoms with E-state index in [1.807, 2.05) is 18.2 Å². The molecule has 0 spiro atoms. The number of hydrogen-bond donors (Lipinski definition) is 1. The number of carbonyl (C=O) groups is 1.